The molecule has 4 aromatic rings. The van der Waals surface area contributed by atoms with Gasteiger partial charge in [0.2, 0.25) is 11.0 Å². The maximum absolute atomic E-state index is 13.2. The zero-order chi connectivity index (χ0) is 24.6. The monoisotopic (exact) mass is 532 g/mol. The maximum atomic E-state index is 13.2. The first-order valence-electron chi connectivity index (χ1n) is 11.0. The Bertz CT molecular complexity index is 1450. The molecule has 35 heavy (non-hydrogen) atoms. The maximum Gasteiger partial charge on any atom is 0.263 e. The summed E-state index contributed by atoms with van der Waals surface area (Å²) in [5.74, 6) is 0.0614. The van der Waals surface area contributed by atoms with E-state index in [-0.39, 0.29) is 23.4 Å². The van der Waals surface area contributed by atoms with Crippen molar-refractivity contribution in [2.45, 2.75) is 17.9 Å². The van der Waals surface area contributed by atoms with Crippen molar-refractivity contribution < 1.29 is 14.6 Å². The van der Waals surface area contributed by atoms with E-state index in [9.17, 15) is 13.2 Å². The Kier molecular flexibility index (Phi) is 6.39. The first-order valence-corrected chi connectivity index (χ1v) is 13.8. The molecule has 0 aliphatic carbocycles. The van der Waals surface area contributed by atoms with E-state index in [1.807, 2.05) is 46.9 Å². The normalized spacial score (nSPS) is 15.4. The third-order valence-corrected chi connectivity index (χ3v) is 8.59. The predicted molar refractivity (Wildman–Crippen MR) is 140 cm³/mol. The van der Waals surface area contributed by atoms with Gasteiger partial charge in [0.1, 0.15) is 11.6 Å². The standard InChI is InChI=1S/C23H23ClN6O3S2.H2/c1-16(30-10-9-19-20(24)3-2-4-21(19)30)22(31)29-13-11-28(12-14-29)17-5-7-18(8-6-17)35(32,33)27-23-26-25-15-34-23;/h2-10,15-16H,11-14H2,1H3,(H,26,27);1H/t16-;/m0./s1. The molecule has 1 aliphatic rings. The third-order valence-electron chi connectivity index (χ3n) is 6.17. The molecule has 5 rings (SSSR count). The molecular weight excluding hydrogens is 508 g/mol. The van der Waals surface area contributed by atoms with E-state index in [4.69, 9.17) is 11.6 Å². The van der Waals surface area contributed by atoms with E-state index >= 15 is 0 Å². The molecule has 2 aromatic heterocycles. The average Bonchev–Trinajstić information content (AvgIpc) is 3.54. The van der Waals surface area contributed by atoms with Crippen molar-refractivity contribution in [3.63, 3.8) is 0 Å². The summed E-state index contributed by atoms with van der Waals surface area (Å²) in [6.07, 6.45) is 1.91. The number of carbonyl (C=O) groups is 1. The second kappa shape index (κ2) is 9.48. The molecule has 1 aliphatic heterocycles. The van der Waals surface area contributed by atoms with Crippen LogP contribution in [0.4, 0.5) is 10.8 Å². The minimum Gasteiger partial charge on any atom is -0.368 e. The van der Waals surface area contributed by atoms with Crippen molar-refractivity contribution in [2.24, 2.45) is 0 Å². The molecule has 0 spiro atoms. The van der Waals surface area contributed by atoms with Crippen LogP contribution in [0.3, 0.4) is 0 Å². The summed E-state index contributed by atoms with van der Waals surface area (Å²) in [6.45, 7) is 4.39. The lowest BCUT2D eigenvalue weighted by Crippen LogP contribution is -2.50. The van der Waals surface area contributed by atoms with Crippen LogP contribution < -0.4 is 9.62 Å². The number of halogens is 1. The first kappa shape index (κ1) is 23.6. The van der Waals surface area contributed by atoms with Crippen LogP contribution in [0.25, 0.3) is 10.9 Å². The number of nitrogens with one attached hydrogen (secondary N) is 1. The fourth-order valence-electron chi connectivity index (χ4n) is 4.28. The number of amides is 1. The highest BCUT2D eigenvalue weighted by molar-refractivity contribution is 7.93. The largest absolute Gasteiger partial charge is 0.368 e. The van der Waals surface area contributed by atoms with Gasteiger partial charge in [0.15, 0.2) is 0 Å². The van der Waals surface area contributed by atoms with Crippen molar-refractivity contribution in [2.75, 3.05) is 35.8 Å². The molecule has 184 valence electrons. The molecule has 0 bridgehead atoms. The van der Waals surface area contributed by atoms with Gasteiger partial charge in [-0.3, -0.25) is 9.52 Å². The molecule has 1 N–H and O–H groups in total. The zero-order valence-corrected chi connectivity index (χ0v) is 21.2. The molecule has 1 saturated heterocycles. The molecule has 12 heteroatoms. The van der Waals surface area contributed by atoms with E-state index in [1.54, 1.807) is 24.3 Å². The summed E-state index contributed by atoms with van der Waals surface area (Å²) in [5.41, 5.74) is 3.31. The Morgan fingerprint density at radius 2 is 1.86 bits per heavy atom. The van der Waals surface area contributed by atoms with Gasteiger partial charge in [0, 0.05) is 49.9 Å². The lowest BCUT2D eigenvalue weighted by Gasteiger charge is -2.37. The number of nitrogens with zero attached hydrogens (tertiary/aromatic N) is 5. The zero-order valence-electron chi connectivity index (χ0n) is 18.8. The fourth-order valence-corrected chi connectivity index (χ4v) is 6.21. The summed E-state index contributed by atoms with van der Waals surface area (Å²) >= 11 is 7.40. The van der Waals surface area contributed by atoms with Crippen LogP contribution in [0.15, 0.2) is 65.1 Å². The van der Waals surface area contributed by atoms with E-state index in [0.717, 1.165) is 27.9 Å². The molecular formula is C23H25ClN6O3S2. The number of rotatable bonds is 6. The van der Waals surface area contributed by atoms with E-state index in [0.29, 0.717) is 31.2 Å². The highest BCUT2D eigenvalue weighted by Crippen LogP contribution is 2.28. The fraction of sp³-hybridized carbons (Fsp3) is 0.261. The number of anilines is 2. The van der Waals surface area contributed by atoms with Gasteiger partial charge in [0.05, 0.1) is 10.4 Å². The molecule has 0 unspecified atom stereocenters. The summed E-state index contributed by atoms with van der Waals surface area (Å²) < 4.78 is 29.4. The van der Waals surface area contributed by atoms with E-state index in [1.165, 1.54) is 5.51 Å². The Morgan fingerprint density at radius 1 is 1.11 bits per heavy atom. The van der Waals surface area contributed by atoms with Crippen LogP contribution in [0.1, 0.15) is 14.4 Å². The van der Waals surface area contributed by atoms with Crippen LogP contribution in [-0.2, 0) is 14.8 Å². The SMILES string of the molecule is C[C@@H](C(=O)N1CCN(c2ccc(S(=O)(=O)Nc3nncs3)cc2)CC1)n1ccc2c(Cl)cccc21.[HH]. The summed E-state index contributed by atoms with van der Waals surface area (Å²) in [6, 6.07) is 14.0. The molecule has 1 amide bonds. The lowest BCUT2D eigenvalue weighted by molar-refractivity contribution is -0.134. The minimum atomic E-state index is -3.72. The smallest absolute Gasteiger partial charge is 0.263 e. The number of hydrogen-bond acceptors (Lipinski definition) is 7. The summed E-state index contributed by atoms with van der Waals surface area (Å²) in [5, 5.41) is 9.18. The first-order chi connectivity index (χ1) is 16.8. The topological polar surface area (TPSA) is 100 Å². The Balaban J connectivity index is 0.00000304. The number of carbonyl (C=O) groups excluding carboxylic acids is 1. The van der Waals surface area contributed by atoms with Gasteiger partial charge in [-0.05, 0) is 49.4 Å². The minimum absolute atomic E-state index is 0. The van der Waals surface area contributed by atoms with Crippen LogP contribution >= 0.6 is 22.9 Å². The summed E-state index contributed by atoms with van der Waals surface area (Å²) in [7, 11) is -3.72. The van der Waals surface area contributed by atoms with E-state index < -0.39 is 10.0 Å². The number of piperazine rings is 1. The quantitative estimate of drug-likeness (QED) is 0.401. The third kappa shape index (κ3) is 4.71. The van der Waals surface area contributed by atoms with Crippen LogP contribution in [0.2, 0.25) is 5.02 Å². The Hall–Kier alpha value is -3.15. The van der Waals surface area contributed by atoms with Gasteiger partial charge in [-0.15, -0.1) is 10.2 Å². The molecule has 0 saturated carbocycles. The molecule has 1 fully saturated rings. The van der Waals surface area contributed by atoms with Crippen molar-refractivity contribution in [3.05, 3.63) is 65.3 Å². The van der Waals surface area contributed by atoms with Crippen molar-refractivity contribution in [3.8, 4) is 0 Å². The van der Waals surface area contributed by atoms with Gasteiger partial charge in [-0.1, -0.05) is 29.0 Å². The van der Waals surface area contributed by atoms with Crippen molar-refractivity contribution >= 4 is 60.6 Å². The number of hydrogen-bond donors (Lipinski definition) is 1. The molecule has 3 heterocycles. The molecule has 1 atom stereocenters. The average molecular weight is 533 g/mol. The molecule has 0 radical (unpaired) electrons. The number of fused-ring (bicyclic) bond motifs is 1. The van der Waals surface area contributed by atoms with Crippen LogP contribution in [0.5, 0.6) is 0 Å². The highest BCUT2D eigenvalue weighted by atomic mass is 35.5. The lowest BCUT2D eigenvalue weighted by atomic mass is 10.2. The Morgan fingerprint density at radius 3 is 2.54 bits per heavy atom. The van der Waals surface area contributed by atoms with E-state index in [2.05, 4.69) is 19.8 Å². The second-order valence-corrected chi connectivity index (χ2v) is 11.2. The van der Waals surface area contributed by atoms with Crippen LogP contribution in [0, 0.1) is 0 Å². The highest BCUT2D eigenvalue weighted by Gasteiger charge is 2.27. The molecule has 2 aromatic carbocycles. The van der Waals surface area contributed by atoms with Crippen LogP contribution in [-0.4, -0.2) is 60.2 Å². The Labute approximate surface area is 213 Å². The number of sulfonamides is 1. The predicted octanol–water partition coefficient (Wildman–Crippen LogP) is 4.10. The van der Waals surface area contributed by atoms with Crippen molar-refractivity contribution in [1.82, 2.24) is 19.7 Å². The van der Waals surface area contributed by atoms with Gasteiger partial charge in [0.25, 0.3) is 10.0 Å². The second-order valence-electron chi connectivity index (χ2n) is 8.23. The number of benzene rings is 2. The number of aromatic nitrogens is 3. The van der Waals surface area contributed by atoms with Crippen molar-refractivity contribution in [1.29, 1.82) is 0 Å². The summed E-state index contributed by atoms with van der Waals surface area (Å²) in [4.78, 5) is 17.4. The van der Waals surface area contributed by atoms with Gasteiger partial charge >= 0.3 is 0 Å². The van der Waals surface area contributed by atoms with Gasteiger partial charge in [-0.25, -0.2) is 8.42 Å². The van der Waals surface area contributed by atoms with Gasteiger partial charge in [-0.2, -0.15) is 0 Å². The van der Waals surface area contributed by atoms with Gasteiger partial charge < -0.3 is 14.4 Å². The molecule has 9 nitrogen and oxygen atoms in total.